The third kappa shape index (κ3) is 5.99. The number of amides is 2. The molecule has 0 saturated carbocycles. The third-order valence-electron chi connectivity index (χ3n) is 3.99. The molecule has 0 atom stereocenters. The van der Waals surface area contributed by atoms with E-state index in [1.165, 1.54) is 17.7 Å². The molecule has 2 aromatic rings. The molecule has 0 spiro atoms. The van der Waals surface area contributed by atoms with Gasteiger partial charge in [0, 0.05) is 12.6 Å². The molecule has 140 valence electrons. The van der Waals surface area contributed by atoms with Crippen molar-refractivity contribution in [1.29, 1.82) is 0 Å². The maximum Gasteiger partial charge on any atom is 0.251 e. The summed E-state index contributed by atoms with van der Waals surface area (Å²) in [7, 11) is 1.64. The van der Waals surface area contributed by atoms with Crippen LogP contribution in [0.25, 0.3) is 0 Å². The van der Waals surface area contributed by atoms with Crippen molar-refractivity contribution in [3.05, 3.63) is 70.5 Å². The Balaban J connectivity index is 0.000000260. The monoisotopic (exact) mass is 358 g/mol. The van der Waals surface area contributed by atoms with Crippen molar-refractivity contribution < 1.29 is 14.0 Å². The standard InChI is InChI=1S/C11H15NO.C10H12FNO/c1-8(2)9-4-6-10(7-5-9)11(13)12-3;1-6(2)7-3-4-8(10(12)13)9(11)5-7/h4-8H,1-3H3,(H,12,13);3-6H,1-2H3,(H2,12,13). The van der Waals surface area contributed by atoms with Gasteiger partial charge in [-0.2, -0.15) is 0 Å². The van der Waals surface area contributed by atoms with Gasteiger partial charge in [0.2, 0.25) is 0 Å². The summed E-state index contributed by atoms with van der Waals surface area (Å²) in [6, 6.07) is 12.2. The van der Waals surface area contributed by atoms with Crippen molar-refractivity contribution in [3.63, 3.8) is 0 Å². The highest BCUT2D eigenvalue weighted by atomic mass is 19.1. The van der Waals surface area contributed by atoms with E-state index < -0.39 is 11.7 Å². The topological polar surface area (TPSA) is 72.2 Å². The Labute approximate surface area is 154 Å². The zero-order chi connectivity index (χ0) is 19.9. The number of halogens is 1. The van der Waals surface area contributed by atoms with Crippen LogP contribution in [0.3, 0.4) is 0 Å². The highest BCUT2D eigenvalue weighted by Gasteiger charge is 2.09. The van der Waals surface area contributed by atoms with Crippen LogP contribution in [-0.4, -0.2) is 18.9 Å². The van der Waals surface area contributed by atoms with Crippen LogP contribution >= 0.6 is 0 Å². The molecular weight excluding hydrogens is 331 g/mol. The quantitative estimate of drug-likeness (QED) is 0.859. The Hall–Kier alpha value is -2.69. The second-order valence-corrected chi connectivity index (χ2v) is 6.61. The normalized spacial score (nSPS) is 10.3. The van der Waals surface area contributed by atoms with Crippen LogP contribution in [0.5, 0.6) is 0 Å². The number of primary amides is 1. The lowest BCUT2D eigenvalue weighted by molar-refractivity contribution is 0.0961. The number of rotatable bonds is 4. The lowest BCUT2D eigenvalue weighted by atomic mass is 10.0. The zero-order valence-electron chi connectivity index (χ0n) is 16.0. The Kier molecular flexibility index (Phi) is 7.97. The molecule has 0 saturated heterocycles. The van der Waals surface area contributed by atoms with Gasteiger partial charge in [-0.05, 0) is 47.2 Å². The number of benzene rings is 2. The molecule has 26 heavy (non-hydrogen) atoms. The maximum absolute atomic E-state index is 13.2. The Morgan fingerprint density at radius 2 is 1.42 bits per heavy atom. The van der Waals surface area contributed by atoms with Crippen LogP contribution in [0.4, 0.5) is 4.39 Å². The third-order valence-corrected chi connectivity index (χ3v) is 3.99. The minimum atomic E-state index is -0.729. The van der Waals surface area contributed by atoms with E-state index in [4.69, 9.17) is 5.73 Å². The maximum atomic E-state index is 13.2. The van der Waals surface area contributed by atoms with Gasteiger partial charge in [0.15, 0.2) is 0 Å². The summed E-state index contributed by atoms with van der Waals surface area (Å²) in [5, 5.41) is 2.59. The van der Waals surface area contributed by atoms with Gasteiger partial charge < -0.3 is 11.1 Å². The summed E-state index contributed by atoms with van der Waals surface area (Å²) < 4.78 is 13.2. The number of hydrogen-bond donors (Lipinski definition) is 2. The van der Waals surface area contributed by atoms with Crippen molar-refractivity contribution in [3.8, 4) is 0 Å². The average Bonchev–Trinajstić information content (AvgIpc) is 2.61. The Bertz CT molecular complexity index is 753. The minimum Gasteiger partial charge on any atom is -0.366 e. The average molecular weight is 358 g/mol. The molecular formula is C21H27FN2O2. The molecule has 0 fully saturated rings. The highest BCUT2D eigenvalue weighted by molar-refractivity contribution is 5.94. The van der Waals surface area contributed by atoms with E-state index in [9.17, 15) is 14.0 Å². The summed E-state index contributed by atoms with van der Waals surface area (Å²) in [6.45, 7) is 8.18. The summed E-state index contributed by atoms with van der Waals surface area (Å²) in [6.07, 6.45) is 0. The highest BCUT2D eigenvalue weighted by Crippen LogP contribution is 2.17. The van der Waals surface area contributed by atoms with E-state index in [1.54, 1.807) is 13.1 Å². The molecule has 2 rings (SSSR count). The number of nitrogens with one attached hydrogen (secondary N) is 1. The Morgan fingerprint density at radius 3 is 1.81 bits per heavy atom. The van der Waals surface area contributed by atoms with Crippen LogP contribution < -0.4 is 11.1 Å². The van der Waals surface area contributed by atoms with Gasteiger partial charge in [0.1, 0.15) is 5.82 Å². The lowest BCUT2D eigenvalue weighted by Gasteiger charge is -2.06. The number of carbonyl (C=O) groups is 2. The van der Waals surface area contributed by atoms with Crippen molar-refractivity contribution in [2.75, 3.05) is 7.05 Å². The molecule has 0 radical (unpaired) electrons. The molecule has 4 nitrogen and oxygen atoms in total. The van der Waals surface area contributed by atoms with E-state index in [-0.39, 0.29) is 17.4 Å². The molecule has 0 aliphatic rings. The van der Waals surface area contributed by atoms with Crippen LogP contribution in [-0.2, 0) is 0 Å². The molecule has 2 amide bonds. The smallest absolute Gasteiger partial charge is 0.251 e. The van der Waals surface area contributed by atoms with Gasteiger partial charge in [-0.1, -0.05) is 45.9 Å². The number of carbonyl (C=O) groups excluding carboxylic acids is 2. The van der Waals surface area contributed by atoms with Crippen LogP contribution in [0.2, 0.25) is 0 Å². The first-order chi connectivity index (χ1) is 12.2. The molecule has 0 aliphatic heterocycles. The number of hydrogen-bond acceptors (Lipinski definition) is 2. The Morgan fingerprint density at radius 1 is 0.923 bits per heavy atom. The molecule has 0 aromatic heterocycles. The van der Waals surface area contributed by atoms with Gasteiger partial charge in [0.25, 0.3) is 11.8 Å². The van der Waals surface area contributed by atoms with Crippen molar-refractivity contribution in [2.45, 2.75) is 39.5 Å². The van der Waals surface area contributed by atoms with E-state index in [0.29, 0.717) is 11.5 Å². The van der Waals surface area contributed by atoms with Crippen molar-refractivity contribution in [2.24, 2.45) is 5.73 Å². The second kappa shape index (κ2) is 9.70. The summed E-state index contributed by atoms with van der Waals surface area (Å²) in [5.41, 5.74) is 7.75. The van der Waals surface area contributed by atoms with Gasteiger partial charge in [-0.3, -0.25) is 9.59 Å². The second-order valence-electron chi connectivity index (χ2n) is 6.61. The van der Waals surface area contributed by atoms with E-state index in [2.05, 4.69) is 19.2 Å². The molecule has 0 unspecified atom stereocenters. The predicted octanol–water partition coefficient (Wildman–Crippen LogP) is 4.22. The van der Waals surface area contributed by atoms with Gasteiger partial charge in [-0.25, -0.2) is 4.39 Å². The van der Waals surface area contributed by atoms with Gasteiger partial charge in [-0.15, -0.1) is 0 Å². The lowest BCUT2D eigenvalue weighted by Crippen LogP contribution is -2.17. The molecule has 0 heterocycles. The van der Waals surface area contributed by atoms with E-state index in [0.717, 1.165) is 5.56 Å². The van der Waals surface area contributed by atoms with Crippen LogP contribution in [0.15, 0.2) is 42.5 Å². The first-order valence-corrected chi connectivity index (χ1v) is 8.58. The van der Waals surface area contributed by atoms with Crippen LogP contribution in [0, 0.1) is 5.82 Å². The van der Waals surface area contributed by atoms with Crippen molar-refractivity contribution in [1.82, 2.24) is 5.32 Å². The molecule has 5 heteroatoms. The largest absolute Gasteiger partial charge is 0.366 e. The minimum absolute atomic E-state index is 0.0321. The van der Waals surface area contributed by atoms with Crippen molar-refractivity contribution >= 4 is 11.8 Å². The van der Waals surface area contributed by atoms with Gasteiger partial charge >= 0.3 is 0 Å². The number of nitrogens with two attached hydrogens (primary N) is 1. The van der Waals surface area contributed by atoms with E-state index >= 15 is 0 Å². The fourth-order valence-corrected chi connectivity index (χ4v) is 2.25. The summed E-state index contributed by atoms with van der Waals surface area (Å²) >= 11 is 0. The van der Waals surface area contributed by atoms with Gasteiger partial charge in [0.05, 0.1) is 5.56 Å². The fraction of sp³-hybridized carbons (Fsp3) is 0.333. The van der Waals surface area contributed by atoms with Crippen LogP contribution in [0.1, 0.15) is 71.4 Å². The molecule has 3 N–H and O–H groups in total. The zero-order valence-corrected chi connectivity index (χ0v) is 16.0. The summed E-state index contributed by atoms with van der Waals surface area (Å²) in [5.74, 6) is -0.544. The SMILES string of the molecule is CC(C)c1ccc(C(N)=O)c(F)c1.CNC(=O)c1ccc(C(C)C)cc1. The fourth-order valence-electron chi connectivity index (χ4n) is 2.25. The van der Waals surface area contributed by atoms with E-state index in [1.807, 2.05) is 38.1 Å². The first-order valence-electron chi connectivity index (χ1n) is 8.58. The first kappa shape index (κ1) is 21.4. The molecule has 0 bridgehead atoms. The molecule has 2 aromatic carbocycles. The predicted molar refractivity (Wildman–Crippen MR) is 103 cm³/mol. The summed E-state index contributed by atoms with van der Waals surface area (Å²) in [4.78, 5) is 21.9. The molecule has 0 aliphatic carbocycles.